The van der Waals surface area contributed by atoms with Gasteiger partial charge in [-0.25, -0.2) is 0 Å². The summed E-state index contributed by atoms with van der Waals surface area (Å²) in [4.78, 5) is 0. The highest BCUT2D eigenvalue weighted by Gasteiger charge is 2.19. The van der Waals surface area contributed by atoms with Gasteiger partial charge in [-0.15, -0.1) is 0 Å². The van der Waals surface area contributed by atoms with Crippen LogP contribution < -0.4 is 0 Å². The van der Waals surface area contributed by atoms with Crippen LogP contribution in [0.5, 0.6) is 0 Å². The Morgan fingerprint density at radius 3 is 0.909 bits per heavy atom. The average molecular weight is 1360 g/mol. The van der Waals surface area contributed by atoms with Crippen molar-refractivity contribution < 1.29 is 0 Å². The molecule has 6 rings (SSSR count). The van der Waals surface area contributed by atoms with Gasteiger partial charge in [-0.2, -0.15) is 0 Å². The Labute approximate surface area is 621 Å². The van der Waals surface area contributed by atoms with E-state index >= 15 is 0 Å². The van der Waals surface area contributed by atoms with Gasteiger partial charge in [0.25, 0.3) is 0 Å². The third kappa shape index (κ3) is 40.1. The molecule has 2 aliphatic carbocycles. The zero-order chi connectivity index (χ0) is 72.7. The van der Waals surface area contributed by atoms with Crippen molar-refractivity contribution in [2.75, 3.05) is 0 Å². The van der Waals surface area contributed by atoms with Crippen LogP contribution in [0.4, 0.5) is 0 Å². The first-order valence-corrected chi connectivity index (χ1v) is 44.0. The molecule has 2 aliphatic rings. The van der Waals surface area contributed by atoms with Crippen molar-refractivity contribution in [2.24, 2.45) is 47.3 Å². The maximum absolute atomic E-state index is 2.52. The zero-order valence-electron chi connectivity index (χ0n) is 70.5. The van der Waals surface area contributed by atoms with E-state index in [0.29, 0.717) is 0 Å². The lowest BCUT2D eigenvalue weighted by Crippen LogP contribution is -2.09. The standard InChI is InChI=1S/C28H50.C24H38.C24H42.C23H40/c1-21(2)11-9-13-23(5)15-17-27-19-26(8)28(20-25(27)7)18-16-24(6)14-10-12-22(3)4;1-19-17-24(16-14-22-11-7-4-8-12-22)20(2)18-23(19)15-13-21-9-5-3-6-10-21;1-5-7-9-11-13-15-17-23-19-22(4)24(20-21(23)3)18-16-14-12-10-8-6-2;1-7-10-12-18(4)14-22-15-20(6)23(16-19(22)5)17-21(9-3)13-11-8-2/h19-24H,9-18H2,1-8H3;17-18,21-22H,3-16H2,1-2H3;19-20H,5-18H2,1-4H3;15-16,18,21H,7-14,17H2,1-6H3. The molecule has 0 aromatic heterocycles. The molecule has 0 spiro atoms. The minimum atomic E-state index is 0.812. The van der Waals surface area contributed by atoms with E-state index in [9.17, 15) is 0 Å². The predicted octanol–water partition coefficient (Wildman–Crippen LogP) is 32.0. The molecule has 0 amide bonds. The molecule has 0 radical (unpaired) electrons. The summed E-state index contributed by atoms with van der Waals surface area (Å²) in [6, 6.07) is 20.0. The van der Waals surface area contributed by atoms with Crippen molar-refractivity contribution in [3.8, 4) is 0 Å². The summed E-state index contributed by atoms with van der Waals surface area (Å²) in [6.45, 7) is 46.8. The molecule has 0 saturated heterocycles. The molecule has 0 heterocycles. The largest absolute Gasteiger partial charge is 0.0654 e. The lowest BCUT2D eigenvalue weighted by atomic mass is 9.83. The molecule has 4 unspecified atom stereocenters. The van der Waals surface area contributed by atoms with E-state index in [-0.39, 0.29) is 0 Å². The van der Waals surface area contributed by atoms with Gasteiger partial charge in [-0.1, -0.05) is 344 Å². The molecule has 0 nitrogen and oxygen atoms in total. The molecule has 0 aliphatic heterocycles. The van der Waals surface area contributed by atoms with Gasteiger partial charge in [-0.3, -0.25) is 0 Å². The van der Waals surface area contributed by atoms with E-state index in [1.165, 1.54) is 335 Å². The van der Waals surface area contributed by atoms with Gasteiger partial charge in [-0.05, 0) is 282 Å². The highest BCUT2D eigenvalue weighted by Crippen LogP contribution is 2.33. The lowest BCUT2D eigenvalue weighted by Gasteiger charge is -2.23. The normalized spacial score (nSPS) is 14.9. The van der Waals surface area contributed by atoms with Crippen molar-refractivity contribution >= 4 is 0 Å². The number of aryl methyl sites for hydroxylation is 14. The van der Waals surface area contributed by atoms with Gasteiger partial charge in [0.15, 0.2) is 0 Å². The molecule has 4 aromatic rings. The molecule has 4 aromatic carbocycles. The summed E-state index contributed by atoms with van der Waals surface area (Å²) in [5.41, 5.74) is 25.0. The van der Waals surface area contributed by atoms with Crippen molar-refractivity contribution in [1.82, 2.24) is 0 Å². The molecule has 566 valence electrons. The summed E-state index contributed by atoms with van der Waals surface area (Å²) < 4.78 is 0. The first-order chi connectivity index (χ1) is 47.6. The van der Waals surface area contributed by atoms with Crippen LogP contribution in [0.1, 0.15) is 423 Å². The van der Waals surface area contributed by atoms with Crippen LogP contribution in [0.3, 0.4) is 0 Å². The molecular formula is C99H170. The Morgan fingerprint density at radius 2 is 0.556 bits per heavy atom. The van der Waals surface area contributed by atoms with E-state index < -0.39 is 0 Å². The van der Waals surface area contributed by atoms with Crippen LogP contribution in [0.15, 0.2) is 48.5 Å². The minimum absolute atomic E-state index is 0.812. The number of benzene rings is 4. The Hall–Kier alpha value is -3.12. The average Bonchev–Trinajstić information content (AvgIpc) is 0.881. The summed E-state index contributed by atoms with van der Waals surface area (Å²) in [7, 11) is 0. The number of hydrogen-bond donors (Lipinski definition) is 0. The lowest BCUT2D eigenvalue weighted by molar-refractivity contribution is 0.338. The quantitative estimate of drug-likeness (QED) is 0.0387. The van der Waals surface area contributed by atoms with Gasteiger partial charge in [0.05, 0.1) is 0 Å². The van der Waals surface area contributed by atoms with E-state index in [4.69, 9.17) is 0 Å². The first-order valence-electron chi connectivity index (χ1n) is 44.0. The van der Waals surface area contributed by atoms with Gasteiger partial charge >= 0.3 is 0 Å². The summed E-state index contributed by atoms with van der Waals surface area (Å²) >= 11 is 0. The van der Waals surface area contributed by atoms with Crippen molar-refractivity contribution in [3.05, 3.63) is 138 Å². The molecule has 0 bridgehead atoms. The molecule has 4 atom stereocenters. The molecule has 0 heteroatoms. The van der Waals surface area contributed by atoms with E-state index in [0.717, 1.165) is 47.3 Å². The smallest absolute Gasteiger partial charge is 0.0248 e. The number of unbranched alkanes of at least 4 members (excludes halogenated alkanes) is 12. The highest BCUT2D eigenvalue weighted by molar-refractivity contribution is 5.40. The van der Waals surface area contributed by atoms with Crippen LogP contribution in [-0.4, -0.2) is 0 Å². The van der Waals surface area contributed by atoms with Crippen LogP contribution in [0.25, 0.3) is 0 Å². The summed E-state index contributed by atoms with van der Waals surface area (Å²) in [6.07, 6.45) is 65.0. The Balaban J connectivity index is 0.000000344. The Bertz CT molecular complexity index is 2500. The minimum Gasteiger partial charge on any atom is -0.0654 e. The van der Waals surface area contributed by atoms with Gasteiger partial charge in [0.1, 0.15) is 0 Å². The Morgan fingerprint density at radius 1 is 0.263 bits per heavy atom. The summed E-state index contributed by atoms with van der Waals surface area (Å²) in [5.74, 6) is 7.09. The third-order valence-corrected chi connectivity index (χ3v) is 24.3. The second kappa shape index (κ2) is 54.5. The molecule has 2 fully saturated rings. The zero-order valence-corrected chi connectivity index (χ0v) is 70.5. The van der Waals surface area contributed by atoms with E-state index in [1.807, 2.05) is 0 Å². The fourth-order valence-electron chi connectivity index (χ4n) is 16.8. The van der Waals surface area contributed by atoms with E-state index in [2.05, 4.69) is 187 Å². The molecular weight excluding hydrogens is 1190 g/mol. The third-order valence-electron chi connectivity index (χ3n) is 24.3. The van der Waals surface area contributed by atoms with Crippen molar-refractivity contribution in [2.45, 2.75) is 440 Å². The van der Waals surface area contributed by atoms with Crippen LogP contribution >= 0.6 is 0 Å². The maximum atomic E-state index is 2.52. The number of hydrogen-bond acceptors (Lipinski definition) is 0. The highest BCUT2D eigenvalue weighted by atomic mass is 14.2. The molecule has 99 heavy (non-hydrogen) atoms. The second-order valence-corrected chi connectivity index (χ2v) is 35.0. The van der Waals surface area contributed by atoms with E-state index in [1.54, 1.807) is 55.6 Å². The van der Waals surface area contributed by atoms with Gasteiger partial charge in [0, 0.05) is 0 Å². The topological polar surface area (TPSA) is 0 Å². The SMILES string of the molecule is CCCCC(C)Cc1cc(C)c(CC(CC)CCCC)cc1C.CCCCCCCCc1cc(C)c(CCCCCCCC)cc1C.Cc1cc(CCC(C)CCCC(C)C)c(C)cc1CCC(C)CCCC(C)C.Cc1cc(CCC2CCCCC2)c(C)cc1CCC1CCCCC1. The number of rotatable bonds is 45. The first kappa shape index (κ1) is 90.1. The molecule has 2 saturated carbocycles. The monoisotopic (exact) mass is 1360 g/mol. The summed E-state index contributed by atoms with van der Waals surface area (Å²) in [5, 5.41) is 0. The predicted molar refractivity (Wildman–Crippen MR) is 449 cm³/mol. The van der Waals surface area contributed by atoms with Crippen LogP contribution in [0.2, 0.25) is 0 Å². The van der Waals surface area contributed by atoms with Crippen LogP contribution in [0, 0.1) is 103 Å². The van der Waals surface area contributed by atoms with Gasteiger partial charge in [0.2, 0.25) is 0 Å². The fraction of sp³-hybridized carbons (Fsp3) is 0.758. The van der Waals surface area contributed by atoms with Crippen molar-refractivity contribution in [1.29, 1.82) is 0 Å². The van der Waals surface area contributed by atoms with Crippen LogP contribution in [-0.2, 0) is 51.4 Å². The van der Waals surface area contributed by atoms with Crippen molar-refractivity contribution in [3.63, 3.8) is 0 Å². The maximum Gasteiger partial charge on any atom is -0.0248 e. The van der Waals surface area contributed by atoms with Gasteiger partial charge < -0.3 is 0 Å². The molecule has 0 N–H and O–H groups in total. The fourth-order valence-corrected chi connectivity index (χ4v) is 16.8. The Kier molecular flexibility index (Phi) is 49.6. The second-order valence-electron chi connectivity index (χ2n) is 35.0.